The van der Waals surface area contributed by atoms with E-state index in [1.165, 1.54) is 17.0 Å². The lowest BCUT2D eigenvalue weighted by Crippen LogP contribution is -2.43. The number of halogens is 4. The van der Waals surface area contributed by atoms with Gasteiger partial charge in [-0.1, -0.05) is 30.3 Å². The van der Waals surface area contributed by atoms with Crippen LogP contribution >= 0.6 is 0 Å². The molecule has 1 aliphatic carbocycles. The van der Waals surface area contributed by atoms with Crippen LogP contribution < -0.4 is 10.6 Å². The van der Waals surface area contributed by atoms with Crippen LogP contribution in [-0.4, -0.2) is 52.6 Å². The number of likely N-dealkylation sites (tertiary alicyclic amines) is 1. The van der Waals surface area contributed by atoms with Crippen LogP contribution in [0.25, 0.3) is 5.69 Å². The average Bonchev–Trinajstić information content (AvgIpc) is 3.50. The minimum absolute atomic E-state index is 0.0328. The molecule has 0 bridgehead atoms. The number of nitrogens with zero attached hydrogens (tertiary/aromatic N) is 3. The SMILES string of the molecule is O=C(Nc1c2c(nn1-c1ccccc1)CCC2)NC1CN(CC(F)(F)F)C[C@H]1c1ccc(F)cc1. The lowest BCUT2D eigenvalue weighted by Gasteiger charge is -2.21. The van der Waals surface area contributed by atoms with Crippen molar-refractivity contribution in [1.29, 1.82) is 0 Å². The van der Waals surface area contributed by atoms with Gasteiger partial charge in [0.2, 0.25) is 0 Å². The van der Waals surface area contributed by atoms with E-state index in [1.54, 1.807) is 16.8 Å². The normalized spacial score (nSPS) is 20.1. The molecular formula is C25H25F4N5O. The highest BCUT2D eigenvalue weighted by atomic mass is 19.4. The molecule has 2 amide bonds. The average molecular weight is 488 g/mol. The molecule has 5 rings (SSSR count). The van der Waals surface area contributed by atoms with Crippen molar-refractivity contribution in [2.24, 2.45) is 0 Å². The van der Waals surface area contributed by atoms with Gasteiger partial charge in [-0.05, 0) is 49.1 Å². The molecule has 2 aromatic carbocycles. The van der Waals surface area contributed by atoms with Crippen LogP contribution in [0, 0.1) is 5.82 Å². The van der Waals surface area contributed by atoms with E-state index in [2.05, 4.69) is 15.7 Å². The Morgan fingerprint density at radius 1 is 1.03 bits per heavy atom. The second kappa shape index (κ2) is 9.33. The molecule has 2 N–H and O–H groups in total. The van der Waals surface area contributed by atoms with Crippen LogP contribution in [0.3, 0.4) is 0 Å². The van der Waals surface area contributed by atoms with Crippen molar-refractivity contribution < 1.29 is 22.4 Å². The fourth-order valence-electron chi connectivity index (χ4n) is 5.05. The van der Waals surface area contributed by atoms with Gasteiger partial charge in [0.15, 0.2) is 0 Å². The number of amides is 2. The molecule has 3 aromatic rings. The third-order valence-corrected chi connectivity index (χ3v) is 6.55. The number of carbonyl (C=O) groups excluding carboxylic acids is 1. The molecule has 0 saturated carbocycles. The van der Waals surface area contributed by atoms with E-state index in [4.69, 9.17) is 0 Å². The first-order valence-electron chi connectivity index (χ1n) is 11.5. The van der Waals surface area contributed by atoms with Gasteiger partial charge in [0, 0.05) is 24.6 Å². The first-order chi connectivity index (χ1) is 16.8. The molecule has 2 heterocycles. The molecule has 1 unspecified atom stereocenters. The predicted octanol–water partition coefficient (Wildman–Crippen LogP) is 4.65. The largest absolute Gasteiger partial charge is 0.401 e. The standard InChI is InChI=1S/C25H25F4N5O/c26-17-11-9-16(10-12-17)20-13-33(15-25(27,28)29)14-22(20)30-24(35)31-23-19-7-4-8-21(19)32-34(23)18-5-2-1-3-6-18/h1-3,5-6,9-12,20,22H,4,7-8,13-15H2,(H2,30,31,35)/t20-,22?/m0/s1. The zero-order valence-electron chi connectivity index (χ0n) is 18.9. The third-order valence-electron chi connectivity index (χ3n) is 6.55. The van der Waals surface area contributed by atoms with Crippen molar-refractivity contribution in [3.63, 3.8) is 0 Å². The number of rotatable bonds is 5. The molecule has 1 aliphatic heterocycles. The summed E-state index contributed by atoms with van der Waals surface area (Å²) in [4.78, 5) is 14.4. The predicted molar refractivity (Wildman–Crippen MR) is 123 cm³/mol. The van der Waals surface area contributed by atoms with Gasteiger partial charge in [0.05, 0.1) is 24.0 Å². The fourth-order valence-corrected chi connectivity index (χ4v) is 5.05. The van der Waals surface area contributed by atoms with Gasteiger partial charge in [-0.2, -0.15) is 18.3 Å². The van der Waals surface area contributed by atoms with E-state index in [0.29, 0.717) is 11.4 Å². The summed E-state index contributed by atoms with van der Waals surface area (Å²) in [5.74, 6) is -0.262. The van der Waals surface area contributed by atoms with Gasteiger partial charge < -0.3 is 5.32 Å². The summed E-state index contributed by atoms with van der Waals surface area (Å²) < 4.78 is 54.3. The molecule has 6 nitrogen and oxygen atoms in total. The minimum atomic E-state index is -4.35. The molecule has 35 heavy (non-hydrogen) atoms. The zero-order chi connectivity index (χ0) is 24.6. The minimum Gasteiger partial charge on any atom is -0.333 e. The number of fused-ring (bicyclic) bond motifs is 1. The van der Waals surface area contributed by atoms with E-state index in [-0.39, 0.29) is 13.1 Å². The number of carbonyl (C=O) groups is 1. The lowest BCUT2D eigenvalue weighted by atomic mass is 9.94. The van der Waals surface area contributed by atoms with Crippen molar-refractivity contribution in [3.05, 3.63) is 77.2 Å². The van der Waals surface area contributed by atoms with E-state index in [9.17, 15) is 22.4 Å². The van der Waals surface area contributed by atoms with Gasteiger partial charge >= 0.3 is 12.2 Å². The van der Waals surface area contributed by atoms with Crippen LogP contribution in [0.2, 0.25) is 0 Å². The smallest absolute Gasteiger partial charge is 0.333 e. The summed E-state index contributed by atoms with van der Waals surface area (Å²) in [5, 5.41) is 10.5. The molecule has 0 radical (unpaired) electrons. The van der Waals surface area contributed by atoms with E-state index >= 15 is 0 Å². The van der Waals surface area contributed by atoms with Gasteiger partial charge in [-0.3, -0.25) is 10.2 Å². The molecule has 184 valence electrons. The lowest BCUT2D eigenvalue weighted by molar-refractivity contribution is -0.143. The molecule has 0 spiro atoms. The number of aryl methyl sites for hydroxylation is 1. The van der Waals surface area contributed by atoms with Crippen molar-refractivity contribution in [2.75, 3.05) is 25.0 Å². The number of benzene rings is 2. The molecule has 2 atom stereocenters. The maximum Gasteiger partial charge on any atom is 0.401 e. The van der Waals surface area contributed by atoms with Crippen LogP contribution in [0.15, 0.2) is 54.6 Å². The summed E-state index contributed by atoms with van der Waals surface area (Å²) in [6, 6.07) is 14.0. The number of alkyl halides is 3. The Labute approximate surface area is 199 Å². The summed E-state index contributed by atoms with van der Waals surface area (Å²) in [6.45, 7) is -0.933. The number of para-hydroxylation sites is 1. The quantitative estimate of drug-likeness (QED) is 0.515. The van der Waals surface area contributed by atoms with Gasteiger partial charge in [0.1, 0.15) is 11.6 Å². The maximum absolute atomic E-state index is 13.4. The third kappa shape index (κ3) is 5.17. The van der Waals surface area contributed by atoms with Crippen LogP contribution in [0.5, 0.6) is 0 Å². The number of anilines is 1. The zero-order valence-corrected chi connectivity index (χ0v) is 18.9. The summed E-state index contributed by atoms with van der Waals surface area (Å²) >= 11 is 0. The van der Waals surface area contributed by atoms with Crippen molar-refractivity contribution in [1.82, 2.24) is 20.0 Å². The summed E-state index contributed by atoms with van der Waals surface area (Å²) in [6.07, 6.45) is -1.79. The first kappa shape index (κ1) is 23.3. The second-order valence-electron chi connectivity index (χ2n) is 9.05. The van der Waals surface area contributed by atoms with Gasteiger partial charge in [-0.15, -0.1) is 0 Å². The maximum atomic E-state index is 13.4. The Hall–Kier alpha value is -3.40. The number of hydrogen-bond acceptors (Lipinski definition) is 3. The Morgan fingerprint density at radius 3 is 2.49 bits per heavy atom. The van der Waals surface area contributed by atoms with E-state index in [0.717, 1.165) is 36.2 Å². The highest BCUT2D eigenvalue weighted by Crippen LogP contribution is 2.32. The Balaban J connectivity index is 1.37. The Morgan fingerprint density at radius 2 is 1.77 bits per heavy atom. The van der Waals surface area contributed by atoms with Crippen molar-refractivity contribution >= 4 is 11.8 Å². The molecule has 1 saturated heterocycles. The van der Waals surface area contributed by atoms with Crippen molar-refractivity contribution in [3.8, 4) is 5.69 Å². The first-order valence-corrected chi connectivity index (χ1v) is 11.5. The highest BCUT2D eigenvalue weighted by Gasteiger charge is 2.40. The van der Waals surface area contributed by atoms with Crippen LogP contribution in [0.1, 0.15) is 29.2 Å². The fraction of sp³-hybridized carbons (Fsp3) is 0.360. The topological polar surface area (TPSA) is 62.2 Å². The molecule has 10 heteroatoms. The van der Waals surface area contributed by atoms with E-state index < -0.39 is 36.5 Å². The molecular weight excluding hydrogens is 462 g/mol. The second-order valence-corrected chi connectivity index (χ2v) is 9.05. The van der Waals surface area contributed by atoms with E-state index in [1.807, 2.05) is 30.3 Å². The Bertz CT molecular complexity index is 1190. The highest BCUT2D eigenvalue weighted by molar-refractivity contribution is 5.90. The number of nitrogens with one attached hydrogen (secondary N) is 2. The van der Waals surface area contributed by atoms with Gasteiger partial charge in [-0.25, -0.2) is 13.9 Å². The molecule has 2 aliphatic rings. The van der Waals surface area contributed by atoms with Crippen LogP contribution in [-0.2, 0) is 12.8 Å². The number of urea groups is 1. The number of aromatic nitrogens is 2. The Kier molecular flexibility index (Phi) is 6.22. The van der Waals surface area contributed by atoms with Crippen LogP contribution in [0.4, 0.5) is 28.2 Å². The van der Waals surface area contributed by atoms with Gasteiger partial charge in [0.25, 0.3) is 0 Å². The summed E-state index contributed by atoms with van der Waals surface area (Å²) in [7, 11) is 0. The monoisotopic (exact) mass is 487 g/mol. The molecule has 1 fully saturated rings. The molecule has 1 aromatic heterocycles. The summed E-state index contributed by atoms with van der Waals surface area (Å²) in [5.41, 5.74) is 3.39. The van der Waals surface area contributed by atoms with Crippen molar-refractivity contribution in [2.45, 2.75) is 37.4 Å². The number of hydrogen-bond donors (Lipinski definition) is 2.